The van der Waals surface area contributed by atoms with Crippen LogP contribution in [0.25, 0.3) is 11.3 Å². The number of nitrogens with one attached hydrogen (secondary N) is 2. The summed E-state index contributed by atoms with van der Waals surface area (Å²) < 4.78 is 19.3. The summed E-state index contributed by atoms with van der Waals surface area (Å²) in [5.41, 5.74) is 3.75. The van der Waals surface area contributed by atoms with Gasteiger partial charge in [-0.15, -0.1) is 0 Å². The molecule has 224 valence electrons. The van der Waals surface area contributed by atoms with Gasteiger partial charge in [0.05, 0.1) is 23.5 Å². The quantitative estimate of drug-likeness (QED) is 0.383. The Morgan fingerprint density at radius 1 is 0.977 bits per heavy atom. The fourth-order valence-corrected chi connectivity index (χ4v) is 5.05. The highest BCUT2D eigenvalue weighted by atomic mass is 19.1. The minimum atomic E-state index is -0.546. The summed E-state index contributed by atoms with van der Waals surface area (Å²) >= 11 is 0. The van der Waals surface area contributed by atoms with Crippen LogP contribution in [0, 0.1) is 5.82 Å². The predicted molar refractivity (Wildman–Crippen MR) is 166 cm³/mol. The Labute approximate surface area is 250 Å². The van der Waals surface area contributed by atoms with Crippen molar-refractivity contribution in [3.05, 3.63) is 89.7 Å². The van der Waals surface area contributed by atoms with Crippen molar-refractivity contribution in [1.29, 1.82) is 0 Å². The fourth-order valence-electron chi connectivity index (χ4n) is 5.05. The first kappa shape index (κ1) is 29.8. The molecule has 0 aliphatic carbocycles. The standard InChI is InChI=1S/C33H36FN5O4/c1-33(2,3)43-32(42)39-18-16-38(17-19-39)21-28(40)37(4)25-13-11-24(12-14-25)35-30(22-8-6-5-7-9-22)29-26-15-10-23(34)20-27(26)36-31(29)41/h5-15,20,35H,16-19,21H2,1-4H3,(H,36,41)/b30-29-. The van der Waals surface area contributed by atoms with Crippen LogP contribution in [0.5, 0.6) is 0 Å². The lowest BCUT2D eigenvalue weighted by Gasteiger charge is -2.35. The van der Waals surface area contributed by atoms with Gasteiger partial charge in [-0.3, -0.25) is 14.5 Å². The van der Waals surface area contributed by atoms with Crippen molar-refractivity contribution in [3.63, 3.8) is 0 Å². The van der Waals surface area contributed by atoms with Gasteiger partial charge in [-0.25, -0.2) is 9.18 Å². The number of piperazine rings is 1. The number of carbonyl (C=O) groups excluding carboxylic acids is 3. The number of rotatable bonds is 6. The van der Waals surface area contributed by atoms with Crippen LogP contribution in [0.2, 0.25) is 0 Å². The molecule has 0 aromatic heterocycles. The second kappa shape index (κ2) is 12.3. The first-order valence-corrected chi connectivity index (χ1v) is 14.2. The number of nitrogens with zero attached hydrogens (tertiary/aromatic N) is 3. The second-order valence-corrected chi connectivity index (χ2v) is 11.6. The predicted octanol–water partition coefficient (Wildman–Crippen LogP) is 5.27. The number of anilines is 3. The molecule has 43 heavy (non-hydrogen) atoms. The van der Waals surface area contributed by atoms with Crippen molar-refractivity contribution in [3.8, 4) is 0 Å². The smallest absolute Gasteiger partial charge is 0.410 e. The Hall–Kier alpha value is -4.70. The maximum Gasteiger partial charge on any atom is 0.410 e. The number of amides is 3. The molecule has 0 bridgehead atoms. The largest absolute Gasteiger partial charge is 0.444 e. The maximum absolute atomic E-state index is 13.8. The second-order valence-electron chi connectivity index (χ2n) is 11.6. The Balaban J connectivity index is 1.26. The monoisotopic (exact) mass is 585 g/mol. The van der Waals surface area contributed by atoms with Crippen LogP contribution < -0.4 is 15.5 Å². The first-order chi connectivity index (χ1) is 20.5. The van der Waals surface area contributed by atoms with Gasteiger partial charge in [-0.05, 0) is 68.8 Å². The number of fused-ring (bicyclic) bond motifs is 1. The first-order valence-electron chi connectivity index (χ1n) is 14.2. The molecule has 2 aliphatic rings. The highest BCUT2D eigenvalue weighted by molar-refractivity contribution is 6.37. The molecule has 0 radical (unpaired) electrons. The van der Waals surface area contributed by atoms with Gasteiger partial charge >= 0.3 is 6.09 Å². The number of halogens is 1. The summed E-state index contributed by atoms with van der Waals surface area (Å²) in [6.07, 6.45) is -0.331. The van der Waals surface area contributed by atoms with Gasteiger partial charge in [0.25, 0.3) is 5.91 Å². The van der Waals surface area contributed by atoms with E-state index in [1.54, 1.807) is 22.9 Å². The average Bonchev–Trinajstić information content (AvgIpc) is 3.30. The Morgan fingerprint density at radius 3 is 2.30 bits per heavy atom. The van der Waals surface area contributed by atoms with Crippen molar-refractivity contribution >= 4 is 46.2 Å². The molecule has 1 fully saturated rings. The van der Waals surface area contributed by atoms with Crippen molar-refractivity contribution in [2.24, 2.45) is 0 Å². The SMILES string of the molecule is CN(C(=O)CN1CCN(C(=O)OC(C)(C)C)CC1)c1ccc(N/C(=C2\C(=O)Nc3cc(F)ccc32)c2ccccc2)cc1. The number of hydrogen-bond acceptors (Lipinski definition) is 6. The molecular formula is C33H36FN5O4. The Kier molecular flexibility index (Phi) is 8.50. The molecule has 9 nitrogen and oxygen atoms in total. The van der Waals surface area contributed by atoms with Crippen LogP contribution in [0.4, 0.5) is 26.2 Å². The summed E-state index contributed by atoms with van der Waals surface area (Å²) in [6, 6.07) is 21.1. The third-order valence-electron chi connectivity index (χ3n) is 7.32. The van der Waals surface area contributed by atoms with Crippen LogP contribution >= 0.6 is 0 Å². The van der Waals surface area contributed by atoms with E-state index in [4.69, 9.17) is 4.74 Å². The van der Waals surface area contributed by atoms with Crippen LogP contribution in [0.3, 0.4) is 0 Å². The number of ether oxygens (including phenoxy) is 1. The van der Waals surface area contributed by atoms with Crippen molar-refractivity contribution in [2.45, 2.75) is 26.4 Å². The van der Waals surface area contributed by atoms with E-state index >= 15 is 0 Å². The summed E-state index contributed by atoms with van der Waals surface area (Å²) in [7, 11) is 1.73. The van der Waals surface area contributed by atoms with Crippen LogP contribution in [-0.4, -0.2) is 73.1 Å². The molecule has 2 aliphatic heterocycles. The van der Waals surface area contributed by atoms with Gasteiger partial charge in [0.15, 0.2) is 0 Å². The lowest BCUT2D eigenvalue weighted by molar-refractivity contribution is -0.119. The molecule has 2 heterocycles. The average molecular weight is 586 g/mol. The number of carbonyl (C=O) groups is 3. The maximum atomic E-state index is 13.8. The Bertz CT molecular complexity index is 1540. The molecular weight excluding hydrogens is 549 g/mol. The topological polar surface area (TPSA) is 94.2 Å². The summed E-state index contributed by atoms with van der Waals surface area (Å²) in [4.78, 5) is 43.8. The number of benzene rings is 3. The minimum absolute atomic E-state index is 0.0648. The summed E-state index contributed by atoms with van der Waals surface area (Å²) in [5.74, 6) is -0.808. The van der Waals surface area contributed by atoms with Crippen molar-refractivity contribution in [2.75, 3.05) is 55.3 Å². The fraction of sp³-hybridized carbons (Fsp3) is 0.303. The molecule has 3 aromatic carbocycles. The molecule has 0 atom stereocenters. The third-order valence-corrected chi connectivity index (χ3v) is 7.32. The molecule has 0 unspecified atom stereocenters. The van der Waals surface area contributed by atoms with Gasteiger partial charge < -0.3 is 25.2 Å². The van der Waals surface area contributed by atoms with E-state index in [0.29, 0.717) is 48.7 Å². The molecule has 3 aromatic rings. The van der Waals surface area contributed by atoms with Crippen LogP contribution in [-0.2, 0) is 14.3 Å². The normalized spacial score (nSPS) is 16.3. The van der Waals surface area contributed by atoms with Gasteiger partial charge in [-0.1, -0.05) is 30.3 Å². The number of likely N-dealkylation sites (N-methyl/N-ethyl adjacent to an activating group) is 1. The highest BCUT2D eigenvalue weighted by Crippen LogP contribution is 2.38. The van der Waals surface area contributed by atoms with E-state index < -0.39 is 11.4 Å². The van der Waals surface area contributed by atoms with Crippen molar-refractivity contribution in [1.82, 2.24) is 9.80 Å². The molecule has 10 heteroatoms. The van der Waals surface area contributed by atoms with Crippen molar-refractivity contribution < 1.29 is 23.5 Å². The van der Waals surface area contributed by atoms with E-state index in [1.165, 1.54) is 12.1 Å². The molecule has 2 N–H and O–H groups in total. The summed E-state index contributed by atoms with van der Waals surface area (Å²) in [6.45, 7) is 7.93. The molecule has 1 saturated heterocycles. The highest BCUT2D eigenvalue weighted by Gasteiger charge is 2.29. The van der Waals surface area contributed by atoms with Gasteiger partial charge in [0.2, 0.25) is 5.91 Å². The zero-order chi connectivity index (χ0) is 30.7. The zero-order valence-electron chi connectivity index (χ0n) is 24.8. The number of hydrogen-bond donors (Lipinski definition) is 2. The summed E-state index contributed by atoms with van der Waals surface area (Å²) in [5, 5.41) is 6.14. The lowest BCUT2D eigenvalue weighted by Crippen LogP contribution is -2.52. The molecule has 0 spiro atoms. The molecule has 3 amide bonds. The Morgan fingerprint density at radius 2 is 1.65 bits per heavy atom. The third kappa shape index (κ3) is 7.03. The zero-order valence-corrected chi connectivity index (χ0v) is 24.8. The van der Waals surface area contributed by atoms with Crippen LogP contribution in [0.1, 0.15) is 31.9 Å². The van der Waals surface area contributed by atoms with E-state index in [0.717, 1.165) is 16.9 Å². The minimum Gasteiger partial charge on any atom is -0.444 e. The van der Waals surface area contributed by atoms with E-state index in [-0.39, 0.29) is 24.5 Å². The van der Waals surface area contributed by atoms with Crippen LogP contribution in [0.15, 0.2) is 72.8 Å². The lowest BCUT2D eigenvalue weighted by atomic mass is 10.00. The van der Waals surface area contributed by atoms with Gasteiger partial charge in [0, 0.05) is 50.2 Å². The van der Waals surface area contributed by atoms with Gasteiger partial charge in [0.1, 0.15) is 11.4 Å². The molecule has 5 rings (SSSR count). The molecule has 0 saturated carbocycles. The van der Waals surface area contributed by atoms with E-state index in [1.807, 2.05) is 80.3 Å². The van der Waals surface area contributed by atoms with E-state index in [9.17, 15) is 18.8 Å². The van der Waals surface area contributed by atoms with Gasteiger partial charge in [-0.2, -0.15) is 0 Å². The van der Waals surface area contributed by atoms with E-state index in [2.05, 4.69) is 10.6 Å².